The molecule has 0 saturated heterocycles. The number of fused-ring (bicyclic) bond motifs is 1. The first-order valence-corrected chi connectivity index (χ1v) is 9.68. The van der Waals surface area contributed by atoms with Gasteiger partial charge >= 0.3 is 0 Å². The Hall–Kier alpha value is -1.91. The van der Waals surface area contributed by atoms with Crippen molar-refractivity contribution in [2.24, 2.45) is 0 Å². The summed E-state index contributed by atoms with van der Waals surface area (Å²) in [5.41, 5.74) is 2.47. The first-order chi connectivity index (χ1) is 11.9. The highest BCUT2D eigenvalue weighted by Gasteiger charge is 2.21. The van der Waals surface area contributed by atoms with Crippen LogP contribution < -0.4 is 10.6 Å². The monoisotopic (exact) mass is 337 g/mol. The lowest BCUT2D eigenvalue weighted by Crippen LogP contribution is -2.36. The van der Waals surface area contributed by atoms with Gasteiger partial charge in [0.05, 0.1) is 5.52 Å². The van der Waals surface area contributed by atoms with E-state index in [0.717, 1.165) is 17.9 Å². The number of nitrogens with one attached hydrogen (secondary N) is 2. The minimum atomic E-state index is 0.540. The number of pyridine rings is 1. The van der Waals surface area contributed by atoms with Gasteiger partial charge in [-0.25, -0.2) is 4.98 Å². The van der Waals surface area contributed by atoms with Crippen molar-refractivity contribution in [3.63, 3.8) is 0 Å². The van der Waals surface area contributed by atoms with Crippen molar-refractivity contribution < 1.29 is 0 Å². The van der Waals surface area contributed by atoms with Gasteiger partial charge in [0.2, 0.25) is 0 Å². The zero-order valence-corrected chi connectivity index (χ0v) is 14.6. The zero-order valence-electron chi connectivity index (χ0n) is 13.7. The Morgan fingerprint density at radius 1 is 0.958 bits per heavy atom. The Balaban J connectivity index is 1.29. The molecule has 24 heavy (non-hydrogen) atoms. The first kappa shape index (κ1) is 15.6. The Kier molecular flexibility index (Phi) is 4.76. The van der Waals surface area contributed by atoms with Crippen LogP contribution in [-0.4, -0.2) is 17.1 Å². The average Bonchev–Trinajstić information content (AvgIpc) is 3.15. The molecule has 0 radical (unpaired) electrons. The van der Waals surface area contributed by atoms with E-state index in [0.29, 0.717) is 12.1 Å². The summed E-state index contributed by atoms with van der Waals surface area (Å²) in [5, 5.41) is 12.9. The van der Waals surface area contributed by atoms with Gasteiger partial charge in [-0.1, -0.05) is 18.2 Å². The molecule has 2 N–H and O–H groups in total. The third-order valence-electron chi connectivity index (χ3n) is 4.85. The van der Waals surface area contributed by atoms with Crippen LogP contribution in [0.15, 0.2) is 53.2 Å². The highest BCUT2D eigenvalue weighted by atomic mass is 32.1. The molecule has 2 aromatic heterocycles. The van der Waals surface area contributed by atoms with Crippen LogP contribution in [-0.2, 0) is 6.54 Å². The van der Waals surface area contributed by atoms with Crippen LogP contribution in [0.4, 0.5) is 5.82 Å². The minimum Gasteiger partial charge on any atom is -0.367 e. The first-order valence-electron chi connectivity index (χ1n) is 8.73. The molecule has 0 unspecified atom stereocenters. The third kappa shape index (κ3) is 3.77. The van der Waals surface area contributed by atoms with E-state index in [2.05, 4.69) is 57.8 Å². The van der Waals surface area contributed by atoms with Gasteiger partial charge in [0.25, 0.3) is 0 Å². The highest BCUT2D eigenvalue weighted by molar-refractivity contribution is 7.07. The van der Waals surface area contributed by atoms with Crippen molar-refractivity contribution in [3.05, 3.63) is 58.8 Å². The number of thiophene rings is 1. The number of benzene rings is 1. The molecule has 0 bridgehead atoms. The van der Waals surface area contributed by atoms with Crippen molar-refractivity contribution in [1.29, 1.82) is 0 Å². The summed E-state index contributed by atoms with van der Waals surface area (Å²) in [7, 11) is 0. The number of para-hydroxylation sites is 1. The predicted molar refractivity (Wildman–Crippen MR) is 103 cm³/mol. The molecule has 0 amide bonds. The van der Waals surface area contributed by atoms with E-state index in [1.54, 1.807) is 11.3 Å². The van der Waals surface area contributed by atoms with Crippen LogP contribution in [0, 0.1) is 0 Å². The van der Waals surface area contributed by atoms with E-state index in [4.69, 9.17) is 4.98 Å². The standard InChI is InChI=1S/C20H23N3S/c1-2-4-19-16(3-1)5-10-20(23-19)22-18-8-6-17(7-9-18)21-13-15-11-12-24-14-15/h1-5,10-12,14,17-18,21H,6-9,13H2,(H,22,23). The second-order valence-corrected chi connectivity index (χ2v) is 7.37. The topological polar surface area (TPSA) is 37.0 Å². The summed E-state index contributed by atoms with van der Waals surface area (Å²) in [6.45, 7) is 0.999. The molecule has 3 nitrogen and oxygen atoms in total. The maximum atomic E-state index is 4.73. The summed E-state index contributed by atoms with van der Waals surface area (Å²) < 4.78 is 0. The van der Waals surface area contributed by atoms with E-state index in [-0.39, 0.29) is 0 Å². The number of aromatic nitrogens is 1. The van der Waals surface area contributed by atoms with E-state index in [1.165, 1.54) is 36.6 Å². The van der Waals surface area contributed by atoms with Gasteiger partial charge in [0, 0.05) is 24.0 Å². The highest BCUT2D eigenvalue weighted by Crippen LogP contribution is 2.23. The molecule has 4 rings (SSSR count). The molecule has 0 spiro atoms. The fourth-order valence-corrected chi connectivity index (χ4v) is 4.12. The summed E-state index contributed by atoms with van der Waals surface area (Å²) in [4.78, 5) is 4.73. The second kappa shape index (κ2) is 7.32. The predicted octanol–water partition coefficient (Wildman–Crippen LogP) is 4.81. The Labute approximate surface area is 147 Å². The molecule has 1 fully saturated rings. The van der Waals surface area contributed by atoms with Gasteiger partial charge in [-0.2, -0.15) is 11.3 Å². The molecule has 1 aliphatic carbocycles. The van der Waals surface area contributed by atoms with E-state index < -0.39 is 0 Å². The molecule has 0 atom stereocenters. The fourth-order valence-electron chi connectivity index (χ4n) is 3.45. The minimum absolute atomic E-state index is 0.540. The molecular weight excluding hydrogens is 314 g/mol. The number of nitrogens with zero attached hydrogens (tertiary/aromatic N) is 1. The van der Waals surface area contributed by atoms with Gasteiger partial charge in [-0.3, -0.25) is 0 Å². The number of hydrogen-bond donors (Lipinski definition) is 2. The molecule has 1 aromatic carbocycles. The van der Waals surface area contributed by atoms with Crippen LogP contribution in [0.3, 0.4) is 0 Å². The summed E-state index contributed by atoms with van der Waals surface area (Å²) in [6.07, 6.45) is 4.87. The van der Waals surface area contributed by atoms with Gasteiger partial charge in [0.15, 0.2) is 0 Å². The zero-order chi connectivity index (χ0) is 16.2. The largest absolute Gasteiger partial charge is 0.367 e. The normalized spacial score (nSPS) is 21.0. The smallest absolute Gasteiger partial charge is 0.126 e. The molecule has 3 aromatic rings. The quantitative estimate of drug-likeness (QED) is 0.701. The van der Waals surface area contributed by atoms with Crippen molar-refractivity contribution in [3.8, 4) is 0 Å². The van der Waals surface area contributed by atoms with Gasteiger partial charge in [-0.05, 0) is 66.3 Å². The van der Waals surface area contributed by atoms with Gasteiger partial charge < -0.3 is 10.6 Å². The van der Waals surface area contributed by atoms with Crippen LogP contribution >= 0.6 is 11.3 Å². The number of anilines is 1. The Morgan fingerprint density at radius 2 is 1.79 bits per heavy atom. The van der Waals surface area contributed by atoms with Crippen molar-refractivity contribution in [2.75, 3.05) is 5.32 Å². The summed E-state index contributed by atoms with van der Waals surface area (Å²) in [6, 6.07) is 15.9. The van der Waals surface area contributed by atoms with Crippen LogP contribution in [0.1, 0.15) is 31.2 Å². The van der Waals surface area contributed by atoms with Crippen LogP contribution in [0.5, 0.6) is 0 Å². The lowest BCUT2D eigenvalue weighted by Gasteiger charge is -2.30. The summed E-state index contributed by atoms with van der Waals surface area (Å²) in [5.74, 6) is 1.00. The molecule has 124 valence electrons. The number of hydrogen-bond acceptors (Lipinski definition) is 4. The molecule has 4 heteroatoms. The maximum absolute atomic E-state index is 4.73. The molecule has 2 heterocycles. The Morgan fingerprint density at radius 3 is 2.62 bits per heavy atom. The van der Waals surface area contributed by atoms with Gasteiger partial charge in [0.1, 0.15) is 5.82 Å². The molecule has 1 aliphatic rings. The second-order valence-electron chi connectivity index (χ2n) is 6.59. The van der Waals surface area contributed by atoms with E-state index in [1.807, 2.05) is 6.07 Å². The Bertz CT molecular complexity index is 776. The maximum Gasteiger partial charge on any atom is 0.126 e. The molecular formula is C20H23N3S. The number of rotatable bonds is 5. The van der Waals surface area contributed by atoms with Crippen LogP contribution in [0.2, 0.25) is 0 Å². The third-order valence-corrected chi connectivity index (χ3v) is 5.58. The van der Waals surface area contributed by atoms with Gasteiger partial charge in [-0.15, -0.1) is 0 Å². The molecule has 1 saturated carbocycles. The fraction of sp³-hybridized carbons (Fsp3) is 0.350. The molecule has 0 aliphatic heterocycles. The van der Waals surface area contributed by atoms with Crippen LogP contribution in [0.25, 0.3) is 10.9 Å². The van der Waals surface area contributed by atoms with Crippen molar-refractivity contribution >= 4 is 28.1 Å². The van der Waals surface area contributed by atoms with Crippen molar-refractivity contribution in [2.45, 2.75) is 44.3 Å². The summed E-state index contributed by atoms with van der Waals surface area (Å²) >= 11 is 1.77. The van der Waals surface area contributed by atoms with Crippen molar-refractivity contribution in [1.82, 2.24) is 10.3 Å². The van der Waals surface area contributed by atoms with E-state index >= 15 is 0 Å². The average molecular weight is 337 g/mol. The van der Waals surface area contributed by atoms with E-state index in [9.17, 15) is 0 Å². The lowest BCUT2D eigenvalue weighted by atomic mass is 9.91. The SMILES string of the molecule is c1ccc2nc(NC3CCC(NCc4ccsc4)CC3)ccc2c1. The lowest BCUT2D eigenvalue weighted by molar-refractivity contribution is 0.352.